The van der Waals surface area contributed by atoms with E-state index < -0.39 is 0 Å². The van der Waals surface area contributed by atoms with Crippen molar-refractivity contribution in [3.63, 3.8) is 0 Å². The molecule has 218 valence electrons. The van der Waals surface area contributed by atoms with Crippen LogP contribution in [0.2, 0.25) is 0 Å². The maximum atomic E-state index is 4.82. The summed E-state index contributed by atoms with van der Waals surface area (Å²) in [4.78, 5) is 11.7. The minimum Gasteiger partial charge on any atom is -0.349 e. The van der Waals surface area contributed by atoms with Gasteiger partial charge in [0.05, 0.1) is 18.0 Å². The summed E-state index contributed by atoms with van der Waals surface area (Å²) in [6.45, 7) is 12.0. The summed E-state index contributed by atoms with van der Waals surface area (Å²) in [5.74, 6) is 0.919. The van der Waals surface area contributed by atoms with Gasteiger partial charge in [-0.15, -0.1) is 45.1 Å². The van der Waals surface area contributed by atoms with E-state index in [1.54, 1.807) is 11.8 Å². The van der Waals surface area contributed by atoms with Crippen LogP contribution < -0.4 is 9.80 Å². The number of aromatic nitrogens is 2. The maximum absolute atomic E-state index is 4.82. The fraction of sp³-hybridized carbons (Fsp3) is 0.216. The van der Waals surface area contributed by atoms with Crippen molar-refractivity contribution in [2.24, 2.45) is 0 Å². The van der Waals surface area contributed by atoms with E-state index in [0.717, 1.165) is 39.0 Å². The molecule has 0 unspecified atom stereocenters. The Hall–Kier alpha value is -3.53. The molecule has 0 amide bonds. The number of para-hydroxylation sites is 3. The van der Waals surface area contributed by atoms with Crippen LogP contribution in [0.25, 0.3) is 27.6 Å². The fourth-order valence-electron chi connectivity index (χ4n) is 5.84. The number of fused-ring (bicyclic) bond motifs is 4. The van der Waals surface area contributed by atoms with Crippen molar-refractivity contribution in [1.29, 1.82) is 0 Å². The van der Waals surface area contributed by atoms with Gasteiger partial charge in [0, 0.05) is 17.8 Å². The number of anilines is 3. The zero-order valence-electron chi connectivity index (χ0n) is 25.0. The van der Waals surface area contributed by atoms with Crippen LogP contribution in [0.4, 0.5) is 17.1 Å². The third-order valence-electron chi connectivity index (χ3n) is 8.06. The van der Waals surface area contributed by atoms with Crippen molar-refractivity contribution in [2.75, 3.05) is 16.5 Å². The summed E-state index contributed by atoms with van der Waals surface area (Å²) < 4.78 is 2.26. The van der Waals surface area contributed by atoms with Crippen molar-refractivity contribution in [3.05, 3.63) is 115 Å². The largest absolute Gasteiger partial charge is 2.00 e. The van der Waals surface area contributed by atoms with Crippen LogP contribution >= 0.6 is 11.8 Å². The molecule has 4 nitrogen and oxygen atoms in total. The van der Waals surface area contributed by atoms with E-state index in [-0.39, 0.29) is 26.5 Å². The first kappa shape index (κ1) is 29.5. The van der Waals surface area contributed by atoms with Gasteiger partial charge in [0.2, 0.25) is 0 Å². The molecule has 0 fully saturated rings. The topological polar surface area (TPSA) is 24.3 Å². The SMILES string of the molecule is CC(C)N1CN(c2[c-]c(Sc3[c-]c4c(cc3)c3ccccc3n4-c3cc(C(C)(C)C)ccn3)ccc2)c2ccccc21.[Pt+2]. The average molecular weight is 762 g/mol. The number of hydrogen-bond donors (Lipinski definition) is 0. The zero-order chi connectivity index (χ0) is 29.0. The monoisotopic (exact) mass is 761 g/mol. The molecule has 0 spiro atoms. The summed E-state index contributed by atoms with van der Waals surface area (Å²) in [5, 5.41) is 2.39. The first-order valence-electron chi connectivity index (χ1n) is 14.5. The van der Waals surface area contributed by atoms with Gasteiger partial charge in [-0.3, -0.25) is 0 Å². The molecule has 7 rings (SSSR count). The molecule has 43 heavy (non-hydrogen) atoms. The van der Waals surface area contributed by atoms with Crippen molar-refractivity contribution in [3.8, 4) is 5.82 Å². The molecular weight excluding hydrogens is 728 g/mol. The third-order valence-corrected chi connectivity index (χ3v) is 8.98. The molecule has 1 aliphatic rings. The van der Waals surface area contributed by atoms with Gasteiger partial charge >= 0.3 is 21.1 Å². The fourth-order valence-corrected chi connectivity index (χ4v) is 6.66. The molecule has 3 heterocycles. The van der Waals surface area contributed by atoms with Crippen LogP contribution in [-0.2, 0) is 26.5 Å². The number of rotatable bonds is 5. The van der Waals surface area contributed by atoms with Gasteiger partial charge in [-0.2, -0.15) is 24.3 Å². The van der Waals surface area contributed by atoms with E-state index in [9.17, 15) is 0 Å². The van der Waals surface area contributed by atoms with Crippen LogP contribution in [0.5, 0.6) is 0 Å². The Bertz CT molecular complexity index is 1940. The first-order chi connectivity index (χ1) is 20.3. The Balaban J connectivity index is 0.00000329. The molecule has 0 N–H and O–H groups in total. The zero-order valence-corrected chi connectivity index (χ0v) is 28.1. The second kappa shape index (κ2) is 11.5. The number of pyridine rings is 1. The predicted octanol–water partition coefficient (Wildman–Crippen LogP) is 9.55. The van der Waals surface area contributed by atoms with E-state index in [0.29, 0.717) is 6.04 Å². The summed E-state index contributed by atoms with van der Waals surface area (Å²) in [7, 11) is 0. The second-order valence-electron chi connectivity index (χ2n) is 12.2. The Labute approximate surface area is 273 Å². The molecule has 6 heteroatoms. The smallest absolute Gasteiger partial charge is 0.349 e. The van der Waals surface area contributed by atoms with Crippen molar-refractivity contribution < 1.29 is 21.1 Å². The molecule has 4 aromatic carbocycles. The van der Waals surface area contributed by atoms with Crippen LogP contribution in [0.15, 0.2) is 107 Å². The minimum absolute atomic E-state index is 0. The van der Waals surface area contributed by atoms with Crippen molar-refractivity contribution in [2.45, 2.75) is 55.9 Å². The standard InChI is InChI=1S/C37H34N4S.Pt/c1-25(2)39-24-40(34-16-9-8-15-33(34)39)27-11-10-12-28(22-27)42-29-17-18-31-30-13-6-7-14-32(30)41(35(31)23-29)36-21-26(19-20-38-36)37(3,4)5;/h6-21,25H,24H2,1-5H3;/q-2;+2. The molecule has 6 aromatic rings. The minimum atomic E-state index is 0. The third kappa shape index (κ3) is 5.39. The van der Waals surface area contributed by atoms with Crippen molar-refractivity contribution >= 4 is 50.6 Å². The molecule has 0 saturated heterocycles. The molecule has 2 aromatic heterocycles. The molecule has 0 bridgehead atoms. The van der Waals surface area contributed by atoms with Crippen LogP contribution in [-0.4, -0.2) is 22.3 Å². The van der Waals surface area contributed by atoms with E-state index in [1.165, 1.54) is 27.7 Å². The number of hydrogen-bond acceptors (Lipinski definition) is 4. The van der Waals surface area contributed by atoms with Crippen LogP contribution in [0, 0.1) is 12.1 Å². The quantitative estimate of drug-likeness (QED) is 0.164. The molecule has 0 radical (unpaired) electrons. The van der Waals surface area contributed by atoms with E-state index in [4.69, 9.17) is 4.98 Å². The van der Waals surface area contributed by atoms with Gasteiger partial charge in [-0.05, 0) is 60.5 Å². The van der Waals surface area contributed by atoms with E-state index in [1.807, 2.05) is 6.20 Å². The van der Waals surface area contributed by atoms with E-state index in [2.05, 4.69) is 152 Å². The van der Waals surface area contributed by atoms with Gasteiger partial charge in [0.25, 0.3) is 0 Å². The molecule has 0 aliphatic carbocycles. The maximum Gasteiger partial charge on any atom is 2.00 e. The van der Waals surface area contributed by atoms with Crippen LogP contribution in [0.3, 0.4) is 0 Å². The van der Waals surface area contributed by atoms with Crippen molar-refractivity contribution in [1.82, 2.24) is 9.55 Å². The summed E-state index contributed by atoms with van der Waals surface area (Å²) >= 11 is 1.70. The predicted molar refractivity (Wildman–Crippen MR) is 177 cm³/mol. The van der Waals surface area contributed by atoms with Gasteiger partial charge in [-0.1, -0.05) is 62.3 Å². The summed E-state index contributed by atoms with van der Waals surface area (Å²) in [6.07, 6.45) is 1.92. The second-order valence-corrected chi connectivity index (χ2v) is 13.3. The van der Waals surface area contributed by atoms with Crippen LogP contribution in [0.1, 0.15) is 40.2 Å². The van der Waals surface area contributed by atoms with Gasteiger partial charge in [0.1, 0.15) is 5.82 Å². The molecule has 0 saturated carbocycles. The van der Waals surface area contributed by atoms with Gasteiger partial charge < -0.3 is 14.4 Å². The Kier molecular flexibility index (Phi) is 7.91. The molecule has 0 atom stereocenters. The number of benzene rings is 4. The Morgan fingerprint density at radius 1 is 0.791 bits per heavy atom. The molecule has 1 aliphatic heterocycles. The Morgan fingerprint density at radius 2 is 1.53 bits per heavy atom. The number of nitrogens with zero attached hydrogens (tertiary/aromatic N) is 4. The average Bonchev–Trinajstić information content (AvgIpc) is 3.53. The first-order valence-corrected chi connectivity index (χ1v) is 15.4. The van der Waals surface area contributed by atoms with E-state index >= 15 is 0 Å². The summed E-state index contributed by atoms with van der Waals surface area (Å²) in [6, 6.07) is 40.2. The molecular formula is C37H34N4PtS. The van der Waals surface area contributed by atoms with Gasteiger partial charge in [0.15, 0.2) is 0 Å². The Morgan fingerprint density at radius 3 is 2.33 bits per heavy atom. The normalized spacial score (nSPS) is 13.2. The van der Waals surface area contributed by atoms with Gasteiger partial charge in [-0.25, -0.2) is 4.98 Å². The summed E-state index contributed by atoms with van der Waals surface area (Å²) in [5.41, 5.74) is 7.05.